The van der Waals surface area contributed by atoms with Gasteiger partial charge in [0.05, 0.1) is 5.02 Å². The molecule has 1 atom stereocenters. The number of rotatable bonds is 2. The minimum Gasteiger partial charge on any atom is -0.363 e. The minimum absolute atomic E-state index is 0.132. The monoisotopic (exact) mass is 338 g/mol. The van der Waals surface area contributed by atoms with E-state index in [-0.39, 0.29) is 15.5 Å². The van der Waals surface area contributed by atoms with Crippen LogP contribution in [0.25, 0.3) is 0 Å². The molecule has 0 spiro atoms. The Bertz CT molecular complexity index is 897. The molecule has 6 nitrogen and oxygen atoms in total. The zero-order chi connectivity index (χ0) is 16.1. The third kappa shape index (κ3) is 2.19. The summed E-state index contributed by atoms with van der Waals surface area (Å²) in [6.07, 6.45) is 0. The average molecular weight is 339 g/mol. The summed E-state index contributed by atoms with van der Waals surface area (Å²) in [6.45, 7) is 0. The van der Waals surface area contributed by atoms with Gasteiger partial charge in [0.15, 0.2) is 5.72 Å². The molecule has 1 amide bonds. The first-order chi connectivity index (χ1) is 10.2. The van der Waals surface area contributed by atoms with Gasteiger partial charge in [0.2, 0.25) is 10.0 Å². The smallest absolute Gasteiger partial charge is 0.254 e. The van der Waals surface area contributed by atoms with Gasteiger partial charge in [-0.1, -0.05) is 35.9 Å². The summed E-state index contributed by atoms with van der Waals surface area (Å²) in [7, 11) is -3.97. The summed E-state index contributed by atoms with van der Waals surface area (Å²) in [5.41, 5.74) is -0.812. The van der Waals surface area contributed by atoms with Gasteiger partial charge in [0.1, 0.15) is 4.90 Å². The number of amides is 1. The van der Waals surface area contributed by atoms with E-state index in [1.54, 1.807) is 24.3 Å². The molecule has 22 heavy (non-hydrogen) atoms. The van der Waals surface area contributed by atoms with E-state index in [4.69, 9.17) is 16.7 Å². The number of aliphatic hydroxyl groups is 1. The highest BCUT2D eigenvalue weighted by molar-refractivity contribution is 7.89. The van der Waals surface area contributed by atoms with E-state index in [0.29, 0.717) is 11.1 Å². The summed E-state index contributed by atoms with van der Waals surface area (Å²) >= 11 is 5.93. The summed E-state index contributed by atoms with van der Waals surface area (Å²) in [5.74, 6) is -0.426. The number of nitrogens with two attached hydrogens (primary N) is 1. The first-order valence-electron chi connectivity index (χ1n) is 6.21. The average Bonchev–Trinajstić information content (AvgIpc) is 2.71. The molecule has 0 saturated heterocycles. The molecule has 1 unspecified atom stereocenters. The number of carbonyl (C=O) groups excluding carboxylic acids is 1. The van der Waals surface area contributed by atoms with Crippen LogP contribution in [-0.4, -0.2) is 19.4 Å². The Morgan fingerprint density at radius 3 is 2.50 bits per heavy atom. The van der Waals surface area contributed by atoms with Gasteiger partial charge < -0.3 is 10.4 Å². The molecule has 2 aromatic rings. The van der Waals surface area contributed by atoms with Gasteiger partial charge in [0.25, 0.3) is 5.91 Å². The van der Waals surface area contributed by atoms with Gasteiger partial charge in [-0.05, 0) is 18.2 Å². The van der Waals surface area contributed by atoms with Crippen LogP contribution < -0.4 is 10.5 Å². The number of benzene rings is 2. The molecule has 0 radical (unpaired) electrons. The van der Waals surface area contributed by atoms with Crippen molar-refractivity contribution in [1.82, 2.24) is 5.32 Å². The van der Waals surface area contributed by atoms with Crippen molar-refractivity contribution in [1.29, 1.82) is 0 Å². The van der Waals surface area contributed by atoms with Crippen LogP contribution in [0.15, 0.2) is 47.4 Å². The van der Waals surface area contributed by atoms with Crippen molar-refractivity contribution >= 4 is 27.5 Å². The van der Waals surface area contributed by atoms with E-state index in [1.165, 1.54) is 18.2 Å². The maximum absolute atomic E-state index is 11.9. The second-order valence-corrected chi connectivity index (χ2v) is 6.84. The van der Waals surface area contributed by atoms with Crippen LogP contribution in [-0.2, 0) is 15.7 Å². The second kappa shape index (κ2) is 4.79. The topological polar surface area (TPSA) is 109 Å². The molecule has 0 aliphatic carbocycles. The fourth-order valence-electron chi connectivity index (χ4n) is 2.48. The molecule has 8 heteroatoms. The number of hydrogen-bond donors (Lipinski definition) is 3. The maximum Gasteiger partial charge on any atom is 0.254 e. The maximum atomic E-state index is 11.9. The first-order valence-corrected chi connectivity index (χ1v) is 8.13. The molecule has 2 aromatic carbocycles. The van der Waals surface area contributed by atoms with Crippen molar-refractivity contribution in [2.24, 2.45) is 5.14 Å². The fraction of sp³-hybridized carbons (Fsp3) is 0.0714. The SMILES string of the molecule is NS(=O)(=O)c1ccc(C2(O)NC(=O)c3ccccc32)cc1Cl. The molecule has 4 N–H and O–H groups in total. The van der Waals surface area contributed by atoms with Crippen LogP contribution in [0.4, 0.5) is 0 Å². The number of carbonyl (C=O) groups is 1. The predicted molar refractivity (Wildman–Crippen MR) is 79.7 cm³/mol. The molecule has 1 aliphatic rings. The summed E-state index contributed by atoms with van der Waals surface area (Å²) in [5, 5.41) is 18.2. The molecule has 0 aromatic heterocycles. The van der Waals surface area contributed by atoms with Crippen molar-refractivity contribution in [2.75, 3.05) is 0 Å². The predicted octanol–water partition coefficient (Wildman–Crippen LogP) is 0.924. The Hall–Kier alpha value is -1.93. The number of hydrogen-bond acceptors (Lipinski definition) is 4. The molecular weight excluding hydrogens is 328 g/mol. The van der Waals surface area contributed by atoms with Crippen LogP contribution in [0, 0.1) is 0 Å². The molecule has 0 saturated carbocycles. The zero-order valence-corrected chi connectivity index (χ0v) is 12.6. The van der Waals surface area contributed by atoms with Crippen LogP contribution in [0.2, 0.25) is 5.02 Å². The Balaban J connectivity index is 2.17. The number of primary sulfonamides is 1. The normalized spacial score (nSPS) is 20.6. The molecule has 1 aliphatic heterocycles. The van der Waals surface area contributed by atoms with Crippen LogP contribution >= 0.6 is 11.6 Å². The second-order valence-electron chi connectivity index (χ2n) is 4.90. The van der Waals surface area contributed by atoms with Crippen LogP contribution in [0.1, 0.15) is 21.5 Å². The highest BCUT2D eigenvalue weighted by atomic mass is 35.5. The molecule has 114 valence electrons. The Labute approximate surface area is 131 Å². The van der Waals surface area contributed by atoms with E-state index < -0.39 is 21.7 Å². The van der Waals surface area contributed by atoms with Crippen molar-refractivity contribution in [2.45, 2.75) is 10.6 Å². The van der Waals surface area contributed by atoms with E-state index in [0.717, 1.165) is 0 Å². The molecule has 0 fully saturated rings. The lowest BCUT2D eigenvalue weighted by atomic mass is 9.94. The first kappa shape index (κ1) is 15.0. The molecule has 1 heterocycles. The van der Waals surface area contributed by atoms with Gasteiger partial charge in [0, 0.05) is 16.7 Å². The van der Waals surface area contributed by atoms with Gasteiger partial charge in [-0.25, -0.2) is 13.6 Å². The largest absolute Gasteiger partial charge is 0.363 e. The van der Waals surface area contributed by atoms with Gasteiger partial charge in [-0.2, -0.15) is 0 Å². The van der Waals surface area contributed by atoms with E-state index >= 15 is 0 Å². The highest BCUT2D eigenvalue weighted by Gasteiger charge is 2.42. The summed E-state index contributed by atoms with van der Waals surface area (Å²) < 4.78 is 22.8. The lowest BCUT2D eigenvalue weighted by Crippen LogP contribution is -2.40. The van der Waals surface area contributed by atoms with Crippen LogP contribution in [0.3, 0.4) is 0 Å². The highest BCUT2D eigenvalue weighted by Crippen LogP contribution is 2.36. The third-order valence-electron chi connectivity index (χ3n) is 3.51. The van der Waals surface area contributed by atoms with Crippen molar-refractivity contribution in [3.05, 3.63) is 64.2 Å². The van der Waals surface area contributed by atoms with Crippen molar-refractivity contribution in [3.8, 4) is 0 Å². The summed E-state index contributed by atoms with van der Waals surface area (Å²) in [6, 6.07) is 10.4. The number of nitrogens with one attached hydrogen (secondary N) is 1. The Morgan fingerprint density at radius 1 is 1.18 bits per heavy atom. The van der Waals surface area contributed by atoms with E-state index in [9.17, 15) is 18.3 Å². The van der Waals surface area contributed by atoms with E-state index in [2.05, 4.69) is 5.32 Å². The standard InChI is InChI=1S/C14H11ClN2O4S/c15-11-7-8(5-6-12(11)22(16,20)21)14(19)10-4-2-1-3-9(10)13(18)17-14/h1-7,19H,(H,17,18)(H2,16,20,21). The van der Waals surface area contributed by atoms with E-state index in [1.807, 2.05) is 0 Å². The fourth-order valence-corrected chi connectivity index (χ4v) is 3.57. The van der Waals surface area contributed by atoms with Gasteiger partial charge in [-0.15, -0.1) is 0 Å². The van der Waals surface area contributed by atoms with Crippen molar-refractivity contribution < 1.29 is 18.3 Å². The molecule has 0 bridgehead atoms. The lowest BCUT2D eigenvalue weighted by molar-refractivity contribution is 0.0475. The van der Waals surface area contributed by atoms with Crippen LogP contribution in [0.5, 0.6) is 0 Å². The number of fused-ring (bicyclic) bond motifs is 1. The zero-order valence-electron chi connectivity index (χ0n) is 11.1. The number of sulfonamides is 1. The Morgan fingerprint density at radius 2 is 1.86 bits per heavy atom. The molecule has 3 rings (SSSR count). The minimum atomic E-state index is -3.97. The third-order valence-corrected chi connectivity index (χ3v) is 4.91. The number of halogens is 1. The summed E-state index contributed by atoms with van der Waals surface area (Å²) in [4.78, 5) is 11.7. The van der Waals surface area contributed by atoms with Gasteiger partial charge >= 0.3 is 0 Å². The molecular formula is C14H11ClN2O4S. The Kier molecular flexibility index (Phi) is 3.26. The quantitative estimate of drug-likeness (QED) is 0.756. The lowest BCUT2D eigenvalue weighted by Gasteiger charge is -2.25. The van der Waals surface area contributed by atoms with Crippen molar-refractivity contribution in [3.63, 3.8) is 0 Å². The van der Waals surface area contributed by atoms with Gasteiger partial charge in [-0.3, -0.25) is 4.79 Å².